The van der Waals surface area contributed by atoms with Gasteiger partial charge < -0.3 is 23.8 Å². The van der Waals surface area contributed by atoms with Crippen molar-refractivity contribution in [3.05, 3.63) is 12.0 Å². The van der Waals surface area contributed by atoms with Crippen LogP contribution in [0.3, 0.4) is 0 Å². The zero-order valence-corrected chi connectivity index (χ0v) is 23.1. The van der Waals surface area contributed by atoms with Crippen LogP contribution >= 0.6 is 7.82 Å². The third-order valence-electron chi connectivity index (χ3n) is 6.62. The molecule has 0 aromatic rings. The second-order valence-corrected chi connectivity index (χ2v) is 11.7. The van der Waals surface area contributed by atoms with Crippen LogP contribution in [0.25, 0.3) is 0 Å². The van der Waals surface area contributed by atoms with Gasteiger partial charge in [0.1, 0.15) is 18.1 Å². The molecule has 0 aliphatic carbocycles. The highest BCUT2D eigenvalue weighted by Crippen LogP contribution is 2.40. The first-order valence-electron chi connectivity index (χ1n) is 13.7. The molecule has 1 fully saturated rings. The van der Waals surface area contributed by atoms with Crippen molar-refractivity contribution >= 4 is 7.82 Å². The van der Waals surface area contributed by atoms with E-state index in [1.54, 1.807) is 0 Å². The van der Waals surface area contributed by atoms with Crippen LogP contribution in [0.2, 0.25) is 0 Å². The summed E-state index contributed by atoms with van der Waals surface area (Å²) < 4.78 is 27.7. The topological polar surface area (TPSA) is 88.0 Å². The van der Waals surface area contributed by atoms with E-state index in [0.29, 0.717) is 11.1 Å². The number of aliphatic hydroxyl groups excluding tert-OH is 1. The van der Waals surface area contributed by atoms with Gasteiger partial charge in [-0.2, -0.15) is 0 Å². The first kappa shape index (κ1) is 31.6. The third kappa shape index (κ3) is 16.3. The average Bonchev–Trinajstić information content (AvgIpc) is 3.14. The molecule has 0 aromatic heterocycles. The van der Waals surface area contributed by atoms with E-state index >= 15 is 0 Å². The summed E-state index contributed by atoms with van der Waals surface area (Å²) in [6.45, 7) is 3.48. The summed E-state index contributed by atoms with van der Waals surface area (Å²) in [6, 6.07) is 0. The number of quaternary nitrogens is 1. The van der Waals surface area contributed by atoms with Crippen molar-refractivity contribution in [1.29, 1.82) is 0 Å². The zero-order chi connectivity index (χ0) is 25.1. The Labute approximate surface area is 209 Å². The zero-order valence-electron chi connectivity index (χ0n) is 22.2. The predicted molar refractivity (Wildman–Crippen MR) is 136 cm³/mol. The summed E-state index contributed by atoms with van der Waals surface area (Å²) in [5, 5.41) is 9.91. The lowest BCUT2D eigenvalue weighted by Gasteiger charge is -2.26. The van der Waals surface area contributed by atoms with Gasteiger partial charge in [-0.25, -0.2) is 0 Å². The van der Waals surface area contributed by atoms with Crippen LogP contribution in [0.4, 0.5) is 0 Å². The van der Waals surface area contributed by atoms with Crippen molar-refractivity contribution in [3.8, 4) is 0 Å². The fraction of sp³-hybridized carbons (Fsp3) is 0.923. The van der Waals surface area contributed by atoms with Crippen LogP contribution < -0.4 is 4.89 Å². The molecular weight excluding hydrogens is 453 g/mol. The molecule has 7 nitrogen and oxygen atoms in total. The number of nitrogens with zero attached hydrogens (tertiary/aromatic N) is 1. The molecule has 0 spiro atoms. The second kappa shape index (κ2) is 18.8. The van der Waals surface area contributed by atoms with Crippen LogP contribution in [0.5, 0.6) is 0 Å². The molecule has 1 saturated heterocycles. The Morgan fingerprint density at radius 2 is 1.47 bits per heavy atom. The van der Waals surface area contributed by atoms with Crippen molar-refractivity contribution in [2.24, 2.45) is 0 Å². The monoisotopic (exact) mass is 505 g/mol. The SMILES string of the molecule is CCCCCCCCCCCCCCCCOCC(O)COP(=O)([O-])OC=C1CCC[N+]1(C)C. The van der Waals surface area contributed by atoms with E-state index in [-0.39, 0.29) is 13.2 Å². The van der Waals surface area contributed by atoms with Crippen LogP contribution in [0.15, 0.2) is 12.0 Å². The molecule has 2 unspecified atom stereocenters. The van der Waals surface area contributed by atoms with Gasteiger partial charge >= 0.3 is 7.82 Å². The van der Waals surface area contributed by atoms with Crippen LogP contribution in [0.1, 0.15) is 110 Å². The number of phosphoric acid groups is 1. The number of hydrogen-bond donors (Lipinski definition) is 1. The lowest BCUT2D eigenvalue weighted by atomic mass is 10.0. The Morgan fingerprint density at radius 3 is 1.97 bits per heavy atom. The molecule has 1 aliphatic heterocycles. The second-order valence-electron chi connectivity index (χ2n) is 10.3. The molecule has 0 radical (unpaired) electrons. The Bertz CT molecular complexity index is 584. The Hall–Kier alpha value is -0.430. The number of aliphatic hydroxyl groups is 1. The maximum Gasteiger partial charge on any atom is 0.319 e. The molecule has 8 heteroatoms. The highest BCUT2D eigenvalue weighted by atomic mass is 31.2. The van der Waals surface area contributed by atoms with E-state index in [9.17, 15) is 14.6 Å². The summed E-state index contributed by atoms with van der Waals surface area (Å²) in [7, 11) is -0.460. The lowest BCUT2D eigenvalue weighted by Crippen LogP contribution is -2.34. The number of phosphoric ester groups is 1. The molecular formula is C26H52NO6P. The van der Waals surface area contributed by atoms with Crippen LogP contribution in [-0.4, -0.2) is 56.2 Å². The molecule has 0 saturated carbocycles. The van der Waals surface area contributed by atoms with Gasteiger partial charge in [-0.05, 0) is 6.42 Å². The summed E-state index contributed by atoms with van der Waals surface area (Å²) in [6.07, 6.45) is 20.4. The number of hydrogen-bond acceptors (Lipinski definition) is 6. The first-order valence-corrected chi connectivity index (χ1v) is 15.2. The molecule has 1 N–H and O–H groups in total. The minimum atomic E-state index is -4.48. The largest absolute Gasteiger partial charge is 0.746 e. The van der Waals surface area contributed by atoms with E-state index in [4.69, 9.17) is 13.8 Å². The van der Waals surface area contributed by atoms with E-state index < -0.39 is 13.9 Å². The molecule has 1 rings (SSSR count). The molecule has 202 valence electrons. The Balaban J connectivity index is 1.91. The van der Waals surface area contributed by atoms with Crippen molar-refractivity contribution in [3.63, 3.8) is 0 Å². The van der Waals surface area contributed by atoms with Gasteiger partial charge in [-0.1, -0.05) is 90.4 Å². The summed E-state index contributed by atoms with van der Waals surface area (Å²) in [4.78, 5) is 11.9. The maximum atomic E-state index is 11.9. The highest BCUT2D eigenvalue weighted by molar-refractivity contribution is 7.46. The molecule has 34 heavy (non-hydrogen) atoms. The Kier molecular flexibility index (Phi) is 17.5. The molecule has 1 aliphatic rings. The molecule has 0 bridgehead atoms. The number of likely N-dealkylation sites (tertiary alicyclic amines) is 1. The van der Waals surface area contributed by atoms with Crippen molar-refractivity contribution in [2.75, 3.05) is 40.5 Å². The quantitative estimate of drug-likeness (QED) is 0.0833. The third-order valence-corrected chi connectivity index (χ3v) is 7.45. The maximum absolute atomic E-state index is 11.9. The predicted octanol–water partition coefficient (Wildman–Crippen LogP) is 6.06. The van der Waals surface area contributed by atoms with Crippen molar-refractivity contribution in [2.45, 2.75) is 116 Å². The van der Waals surface area contributed by atoms with E-state index in [1.807, 2.05) is 14.1 Å². The first-order chi connectivity index (χ1) is 16.3. The molecule has 0 aromatic carbocycles. The minimum Gasteiger partial charge on any atom is -0.746 e. The van der Waals surface area contributed by atoms with Gasteiger partial charge in [0.25, 0.3) is 0 Å². The minimum absolute atomic E-state index is 0.0590. The van der Waals surface area contributed by atoms with Gasteiger partial charge in [0, 0.05) is 19.4 Å². The number of allylic oxidation sites excluding steroid dienone is 1. The smallest absolute Gasteiger partial charge is 0.319 e. The van der Waals surface area contributed by atoms with Crippen molar-refractivity contribution in [1.82, 2.24) is 0 Å². The van der Waals surface area contributed by atoms with E-state index in [2.05, 4.69) is 6.92 Å². The normalized spacial score (nSPS) is 19.4. The van der Waals surface area contributed by atoms with Gasteiger partial charge in [0.05, 0.1) is 33.9 Å². The lowest BCUT2D eigenvalue weighted by molar-refractivity contribution is -0.843. The van der Waals surface area contributed by atoms with Gasteiger partial charge in [0.2, 0.25) is 0 Å². The van der Waals surface area contributed by atoms with Gasteiger partial charge in [-0.15, -0.1) is 0 Å². The van der Waals surface area contributed by atoms with E-state index in [1.165, 1.54) is 83.3 Å². The highest BCUT2D eigenvalue weighted by Gasteiger charge is 2.29. The van der Waals surface area contributed by atoms with Crippen LogP contribution in [-0.2, 0) is 18.3 Å². The fourth-order valence-electron chi connectivity index (χ4n) is 4.30. The van der Waals surface area contributed by atoms with Crippen LogP contribution in [0, 0.1) is 0 Å². The average molecular weight is 506 g/mol. The number of rotatable bonds is 22. The summed E-state index contributed by atoms with van der Waals surface area (Å²) in [5.41, 5.74) is 0.914. The number of unbranched alkanes of at least 4 members (excludes halogenated alkanes) is 13. The standard InChI is InChI=1S/C26H52NO6P/c1-4-5-6-7-8-9-10-11-12-13-14-15-16-17-21-31-23-26(28)24-33-34(29,30)32-22-25-19-18-20-27(25,2)3/h22,26,28H,4-21,23-24H2,1-3H3. The summed E-state index contributed by atoms with van der Waals surface area (Å²) in [5.74, 6) is 0. The van der Waals surface area contributed by atoms with E-state index in [0.717, 1.165) is 37.9 Å². The summed E-state index contributed by atoms with van der Waals surface area (Å²) >= 11 is 0. The Morgan fingerprint density at radius 1 is 0.941 bits per heavy atom. The van der Waals surface area contributed by atoms with Gasteiger partial charge in [-0.3, -0.25) is 9.05 Å². The van der Waals surface area contributed by atoms with Crippen molar-refractivity contribution < 1.29 is 32.8 Å². The molecule has 2 atom stereocenters. The molecule has 1 heterocycles. The fourth-order valence-corrected chi connectivity index (χ4v) is 4.97. The number of ether oxygens (including phenoxy) is 1. The van der Waals surface area contributed by atoms with Gasteiger partial charge in [0.15, 0.2) is 0 Å². The molecule has 0 amide bonds.